The monoisotopic (exact) mass is 386 g/mol. The molecular weight excluding hydrogens is 367 g/mol. The lowest BCUT2D eigenvalue weighted by Crippen LogP contribution is -2.09. The highest BCUT2D eigenvalue weighted by Gasteiger charge is 2.12. The predicted molar refractivity (Wildman–Crippen MR) is 98.7 cm³/mol. The summed E-state index contributed by atoms with van der Waals surface area (Å²) in [6.45, 7) is 6.66. The van der Waals surface area contributed by atoms with E-state index in [1.54, 1.807) is 0 Å². The second-order valence-electron chi connectivity index (χ2n) is 6.05. The van der Waals surface area contributed by atoms with Crippen molar-refractivity contribution in [3.8, 4) is 0 Å². The zero-order valence-electron chi connectivity index (χ0n) is 12.7. The number of alkyl halides is 1. The molecule has 0 N–H and O–H groups in total. The van der Waals surface area contributed by atoms with Crippen LogP contribution in [0.25, 0.3) is 0 Å². The molecule has 0 radical (unpaired) electrons. The maximum absolute atomic E-state index is 6.03. The van der Waals surface area contributed by atoms with Crippen molar-refractivity contribution < 1.29 is 0 Å². The lowest BCUT2D eigenvalue weighted by atomic mass is 9.88. The van der Waals surface area contributed by atoms with Crippen molar-refractivity contribution >= 4 is 39.1 Å². The topological polar surface area (TPSA) is 0 Å². The zero-order valence-corrected chi connectivity index (χ0v) is 15.8. The molecule has 0 aliphatic rings. The fourth-order valence-electron chi connectivity index (χ4n) is 1.82. The molecule has 0 aliphatic carbocycles. The summed E-state index contributed by atoms with van der Waals surface area (Å²) in [6.07, 6.45) is 1.03. The van der Waals surface area contributed by atoms with Crippen LogP contribution in [0.15, 0.2) is 48.5 Å². The Hall–Kier alpha value is -0.500. The summed E-state index contributed by atoms with van der Waals surface area (Å²) in [5, 5.41) is 2.54. The van der Waals surface area contributed by atoms with Crippen LogP contribution in [-0.2, 0) is 11.8 Å². The van der Waals surface area contributed by atoms with E-state index in [2.05, 4.69) is 42.8 Å². The van der Waals surface area contributed by atoms with Crippen molar-refractivity contribution in [3.05, 3.63) is 69.7 Å². The lowest BCUT2D eigenvalue weighted by Gasteiger charge is -2.18. The first-order valence-electron chi connectivity index (χ1n) is 6.86. The van der Waals surface area contributed by atoms with Crippen molar-refractivity contribution in [2.75, 3.05) is 0 Å². The summed E-state index contributed by atoms with van der Waals surface area (Å²) in [5.74, 6) is 0. The van der Waals surface area contributed by atoms with Gasteiger partial charge in [-0.1, -0.05) is 96.3 Å². The summed E-state index contributed by atoms with van der Waals surface area (Å²) >= 11 is 15.1. The molecule has 0 saturated carbocycles. The molecule has 21 heavy (non-hydrogen) atoms. The van der Waals surface area contributed by atoms with Crippen LogP contribution in [-0.4, -0.2) is 0 Å². The number of hydrogen-bond donors (Lipinski definition) is 0. The predicted octanol–water partition coefficient (Wildman–Crippen LogP) is 7.16. The first-order valence-corrected chi connectivity index (χ1v) is 8.74. The SMILES string of the molecule is CC(C)(C)Cc1ccccc1Cl.Clc1ccccc1CBr. The lowest BCUT2D eigenvalue weighted by molar-refractivity contribution is 0.411. The van der Waals surface area contributed by atoms with E-state index >= 15 is 0 Å². The summed E-state index contributed by atoms with van der Waals surface area (Å²) < 4.78 is 0. The van der Waals surface area contributed by atoms with Gasteiger partial charge in [-0.2, -0.15) is 0 Å². The normalized spacial score (nSPS) is 10.8. The molecule has 0 aliphatic heterocycles. The average Bonchev–Trinajstić information content (AvgIpc) is 2.41. The van der Waals surface area contributed by atoms with E-state index in [4.69, 9.17) is 23.2 Å². The summed E-state index contributed by atoms with van der Waals surface area (Å²) in [6, 6.07) is 15.8. The third-order valence-electron chi connectivity index (χ3n) is 2.78. The second kappa shape index (κ2) is 8.82. The van der Waals surface area contributed by atoms with Gasteiger partial charge in [-0.05, 0) is 35.1 Å². The van der Waals surface area contributed by atoms with Crippen LogP contribution in [0.1, 0.15) is 31.9 Å². The summed E-state index contributed by atoms with van der Waals surface area (Å²) in [7, 11) is 0. The molecule has 2 aromatic rings. The molecule has 0 spiro atoms. The summed E-state index contributed by atoms with van der Waals surface area (Å²) in [4.78, 5) is 0. The van der Waals surface area contributed by atoms with Gasteiger partial charge in [0.05, 0.1) is 0 Å². The van der Waals surface area contributed by atoms with Gasteiger partial charge in [0.1, 0.15) is 0 Å². The largest absolute Gasteiger partial charge is 0.0876 e. The molecule has 0 aromatic heterocycles. The fourth-order valence-corrected chi connectivity index (χ4v) is 2.88. The first-order chi connectivity index (χ1) is 9.83. The Labute approximate surface area is 146 Å². The molecule has 0 atom stereocenters. The molecule has 0 unspecified atom stereocenters. The van der Waals surface area contributed by atoms with Crippen LogP contribution in [0.4, 0.5) is 0 Å². The van der Waals surface area contributed by atoms with Gasteiger partial charge < -0.3 is 0 Å². The Morgan fingerprint density at radius 2 is 1.24 bits per heavy atom. The Kier molecular flexibility index (Phi) is 7.79. The molecule has 0 nitrogen and oxygen atoms in total. The molecular formula is C18H21BrCl2. The van der Waals surface area contributed by atoms with Crippen LogP contribution in [0.2, 0.25) is 10.0 Å². The standard InChI is InChI=1S/C11H15Cl.C7H6BrCl/c1-11(2,3)8-9-6-4-5-7-10(9)12;8-5-6-3-1-2-4-7(6)9/h4-7H,8H2,1-3H3;1-4H,5H2. The van der Waals surface area contributed by atoms with Crippen molar-refractivity contribution in [2.24, 2.45) is 5.41 Å². The van der Waals surface area contributed by atoms with Gasteiger partial charge in [-0.25, -0.2) is 0 Å². The van der Waals surface area contributed by atoms with Crippen LogP contribution in [0, 0.1) is 5.41 Å². The number of halogens is 3. The molecule has 0 amide bonds. The van der Waals surface area contributed by atoms with Gasteiger partial charge in [0.15, 0.2) is 0 Å². The molecule has 114 valence electrons. The van der Waals surface area contributed by atoms with Crippen molar-refractivity contribution in [3.63, 3.8) is 0 Å². The number of hydrogen-bond acceptors (Lipinski definition) is 0. The Morgan fingerprint density at radius 1 is 0.810 bits per heavy atom. The Balaban J connectivity index is 0.000000219. The number of rotatable bonds is 2. The van der Waals surface area contributed by atoms with Gasteiger partial charge in [-0.3, -0.25) is 0 Å². The zero-order chi connectivity index (χ0) is 15.9. The minimum Gasteiger partial charge on any atom is -0.0876 e. The van der Waals surface area contributed by atoms with Crippen LogP contribution < -0.4 is 0 Å². The molecule has 0 saturated heterocycles. The van der Waals surface area contributed by atoms with Crippen molar-refractivity contribution in [1.82, 2.24) is 0 Å². The minimum absolute atomic E-state index is 0.311. The van der Waals surface area contributed by atoms with Crippen LogP contribution in [0.3, 0.4) is 0 Å². The van der Waals surface area contributed by atoms with E-state index in [0.717, 1.165) is 27.4 Å². The van der Waals surface area contributed by atoms with Crippen LogP contribution >= 0.6 is 39.1 Å². The van der Waals surface area contributed by atoms with E-state index < -0.39 is 0 Å². The fraction of sp³-hybridized carbons (Fsp3) is 0.333. The Bertz CT molecular complexity index is 559. The van der Waals surface area contributed by atoms with E-state index in [1.807, 2.05) is 42.5 Å². The van der Waals surface area contributed by atoms with Gasteiger partial charge in [0, 0.05) is 15.4 Å². The highest BCUT2D eigenvalue weighted by atomic mass is 79.9. The average molecular weight is 388 g/mol. The Morgan fingerprint density at radius 3 is 1.57 bits per heavy atom. The van der Waals surface area contributed by atoms with Gasteiger partial charge in [0.25, 0.3) is 0 Å². The van der Waals surface area contributed by atoms with Crippen molar-refractivity contribution in [2.45, 2.75) is 32.5 Å². The molecule has 0 bridgehead atoms. The number of benzene rings is 2. The second-order valence-corrected chi connectivity index (χ2v) is 7.43. The minimum atomic E-state index is 0.311. The molecule has 3 heteroatoms. The third kappa shape index (κ3) is 7.35. The molecule has 2 rings (SSSR count). The highest BCUT2D eigenvalue weighted by molar-refractivity contribution is 9.08. The van der Waals surface area contributed by atoms with Gasteiger partial charge in [0.2, 0.25) is 0 Å². The van der Waals surface area contributed by atoms with E-state index in [0.29, 0.717) is 5.41 Å². The van der Waals surface area contributed by atoms with E-state index in [1.165, 1.54) is 5.56 Å². The maximum Gasteiger partial charge on any atom is 0.0446 e. The smallest absolute Gasteiger partial charge is 0.0446 e. The maximum atomic E-state index is 6.03. The first kappa shape index (κ1) is 18.5. The quantitative estimate of drug-likeness (QED) is 0.479. The van der Waals surface area contributed by atoms with E-state index in [9.17, 15) is 0 Å². The van der Waals surface area contributed by atoms with Gasteiger partial charge >= 0.3 is 0 Å². The van der Waals surface area contributed by atoms with Crippen LogP contribution in [0.5, 0.6) is 0 Å². The molecule has 0 heterocycles. The molecule has 0 fully saturated rings. The van der Waals surface area contributed by atoms with Gasteiger partial charge in [-0.15, -0.1) is 0 Å². The molecule has 2 aromatic carbocycles. The van der Waals surface area contributed by atoms with E-state index in [-0.39, 0.29) is 0 Å². The van der Waals surface area contributed by atoms with Crippen molar-refractivity contribution in [1.29, 1.82) is 0 Å². The highest BCUT2D eigenvalue weighted by Crippen LogP contribution is 2.25. The third-order valence-corrected chi connectivity index (χ3v) is 4.12. The summed E-state index contributed by atoms with van der Waals surface area (Å²) in [5.41, 5.74) is 2.69.